The summed E-state index contributed by atoms with van der Waals surface area (Å²) in [4.78, 5) is 2.11. The fourth-order valence-electron chi connectivity index (χ4n) is 1.09. The van der Waals surface area contributed by atoms with E-state index >= 15 is 0 Å². The maximum atomic E-state index is 9.15. The number of nitriles is 1. The third-order valence-corrected chi connectivity index (χ3v) is 1.74. The van der Waals surface area contributed by atoms with E-state index in [9.17, 15) is 0 Å². The largest absolute Gasteiger partial charge is 0.392 e. The van der Waals surface area contributed by atoms with Crippen molar-refractivity contribution in [3.63, 3.8) is 0 Å². The van der Waals surface area contributed by atoms with Gasteiger partial charge in [-0.2, -0.15) is 5.26 Å². The van der Waals surface area contributed by atoms with Crippen LogP contribution in [0.5, 0.6) is 0 Å². The molecular formula is C9H18N2O. The SMILES string of the molecule is CC(O)CN(CCC#N)C(C)C. The molecule has 0 radical (unpaired) electrons. The predicted octanol–water partition coefficient (Wildman–Crippen LogP) is 0.991. The summed E-state index contributed by atoms with van der Waals surface area (Å²) >= 11 is 0. The number of nitrogens with zero attached hydrogens (tertiary/aromatic N) is 2. The van der Waals surface area contributed by atoms with Crippen molar-refractivity contribution in [2.24, 2.45) is 0 Å². The number of rotatable bonds is 5. The Morgan fingerprint density at radius 2 is 2.00 bits per heavy atom. The summed E-state index contributed by atoms with van der Waals surface area (Å²) in [6, 6.07) is 2.50. The second-order valence-electron chi connectivity index (χ2n) is 3.35. The lowest BCUT2D eigenvalue weighted by molar-refractivity contribution is 0.109. The average Bonchev–Trinajstić information content (AvgIpc) is 1.96. The fraction of sp³-hybridized carbons (Fsp3) is 0.889. The molecule has 0 saturated heterocycles. The molecule has 0 amide bonds. The quantitative estimate of drug-likeness (QED) is 0.669. The van der Waals surface area contributed by atoms with E-state index in [1.807, 2.05) is 0 Å². The third-order valence-electron chi connectivity index (χ3n) is 1.74. The van der Waals surface area contributed by atoms with Crippen LogP contribution in [0.2, 0.25) is 0 Å². The van der Waals surface area contributed by atoms with Crippen molar-refractivity contribution in [2.45, 2.75) is 39.3 Å². The van der Waals surface area contributed by atoms with E-state index in [-0.39, 0.29) is 6.10 Å². The summed E-state index contributed by atoms with van der Waals surface area (Å²) in [6.45, 7) is 7.31. The highest BCUT2D eigenvalue weighted by Gasteiger charge is 2.10. The highest BCUT2D eigenvalue weighted by atomic mass is 16.3. The zero-order chi connectivity index (χ0) is 9.56. The molecule has 0 heterocycles. The third kappa shape index (κ3) is 5.11. The molecule has 3 nitrogen and oxygen atoms in total. The van der Waals surface area contributed by atoms with Gasteiger partial charge in [0.25, 0.3) is 0 Å². The van der Waals surface area contributed by atoms with E-state index in [0.717, 1.165) is 6.54 Å². The summed E-state index contributed by atoms with van der Waals surface area (Å²) in [5.41, 5.74) is 0. The molecule has 12 heavy (non-hydrogen) atoms. The number of hydrogen-bond donors (Lipinski definition) is 1. The molecule has 1 N–H and O–H groups in total. The summed E-state index contributed by atoms with van der Waals surface area (Å²) < 4.78 is 0. The van der Waals surface area contributed by atoms with Crippen molar-refractivity contribution < 1.29 is 5.11 Å². The first-order valence-electron chi connectivity index (χ1n) is 4.37. The number of aliphatic hydroxyl groups excluding tert-OH is 1. The van der Waals surface area contributed by atoms with Gasteiger partial charge >= 0.3 is 0 Å². The molecule has 1 atom stereocenters. The van der Waals surface area contributed by atoms with Crippen LogP contribution in [0.1, 0.15) is 27.2 Å². The van der Waals surface area contributed by atoms with Crippen LogP contribution in [0.25, 0.3) is 0 Å². The number of hydrogen-bond acceptors (Lipinski definition) is 3. The predicted molar refractivity (Wildman–Crippen MR) is 48.6 cm³/mol. The van der Waals surface area contributed by atoms with E-state index in [0.29, 0.717) is 19.0 Å². The molecule has 0 bridgehead atoms. The van der Waals surface area contributed by atoms with Gasteiger partial charge in [-0.25, -0.2) is 0 Å². The van der Waals surface area contributed by atoms with Crippen LogP contribution in [0.3, 0.4) is 0 Å². The molecule has 0 aromatic carbocycles. The van der Waals surface area contributed by atoms with Gasteiger partial charge in [0.15, 0.2) is 0 Å². The Morgan fingerprint density at radius 1 is 1.42 bits per heavy atom. The first kappa shape index (κ1) is 11.4. The normalized spacial score (nSPS) is 13.4. The Hall–Kier alpha value is -0.590. The second kappa shape index (κ2) is 5.99. The molecule has 70 valence electrons. The van der Waals surface area contributed by atoms with Crippen molar-refractivity contribution in [3.8, 4) is 6.07 Å². The molecule has 1 unspecified atom stereocenters. The first-order chi connectivity index (χ1) is 5.57. The molecule has 0 aliphatic carbocycles. The van der Waals surface area contributed by atoms with Crippen molar-refractivity contribution in [3.05, 3.63) is 0 Å². The molecule has 0 fully saturated rings. The van der Waals surface area contributed by atoms with Gasteiger partial charge in [-0.15, -0.1) is 0 Å². The first-order valence-corrected chi connectivity index (χ1v) is 4.37. The standard InChI is InChI=1S/C9H18N2O/c1-8(2)11(6-4-5-10)7-9(3)12/h8-9,12H,4,6-7H2,1-3H3. The van der Waals surface area contributed by atoms with Crippen LogP contribution in [0, 0.1) is 11.3 Å². The Kier molecular flexibility index (Phi) is 5.69. The van der Waals surface area contributed by atoms with Gasteiger partial charge in [-0.05, 0) is 20.8 Å². The average molecular weight is 170 g/mol. The number of aliphatic hydroxyl groups is 1. The molecule has 3 heteroatoms. The maximum absolute atomic E-state index is 9.15. The van der Waals surface area contributed by atoms with Gasteiger partial charge in [0, 0.05) is 25.6 Å². The van der Waals surface area contributed by atoms with Crippen LogP contribution in [0.4, 0.5) is 0 Å². The van der Waals surface area contributed by atoms with Gasteiger partial charge in [-0.1, -0.05) is 0 Å². The van der Waals surface area contributed by atoms with Crippen LogP contribution < -0.4 is 0 Å². The summed E-state index contributed by atoms with van der Waals surface area (Å²) in [5, 5.41) is 17.5. The molecule has 0 aromatic rings. The highest BCUT2D eigenvalue weighted by Crippen LogP contribution is 2.00. The highest BCUT2D eigenvalue weighted by molar-refractivity contribution is 4.74. The summed E-state index contributed by atoms with van der Waals surface area (Å²) in [6.07, 6.45) is 0.219. The van der Waals surface area contributed by atoms with Gasteiger partial charge in [-0.3, -0.25) is 4.90 Å². The van der Waals surface area contributed by atoms with Gasteiger partial charge in [0.2, 0.25) is 0 Å². The lowest BCUT2D eigenvalue weighted by Gasteiger charge is -2.26. The van der Waals surface area contributed by atoms with Crippen LogP contribution in [0.15, 0.2) is 0 Å². The van der Waals surface area contributed by atoms with Crippen LogP contribution >= 0.6 is 0 Å². The Bertz CT molecular complexity index is 149. The molecule has 0 rings (SSSR count). The zero-order valence-electron chi connectivity index (χ0n) is 8.12. The van der Waals surface area contributed by atoms with E-state index in [4.69, 9.17) is 10.4 Å². The molecule has 0 saturated carbocycles. The maximum Gasteiger partial charge on any atom is 0.0639 e. The van der Waals surface area contributed by atoms with Gasteiger partial charge in [0.05, 0.1) is 12.2 Å². The monoisotopic (exact) mass is 170 g/mol. The Labute approximate surface area is 74.6 Å². The van der Waals surface area contributed by atoms with Crippen molar-refractivity contribution >= 4 is 0 Å². The minimum absolute atomic E-state index is 0.314. The Balaban J connectivity index is 3.80. The van der Waals surface area contributed by atoms with Crippen molar-refractivity contribution in [2.75, 3.05) is 13.1 Å². The minimum Gasteiger partial charge on any atom is -0.392 e. The molecule has 0 aromatic heterocycles. The zero-order valence-corrected chi connectivity index (χ0v) is 8.12. The Morgan fingerprint density at radius 3 is 2.33 bits per heavy atom. The van der Waals surface area contributed by atoms with Crippen LogP contribution in [-0.2, 0) is 0 Å². The topological polar surface area (TPSA) is 47.3 Å². The lowest BCUT2D eigenvalue weighted by Crippen LogP contribution is -2.37. The summed E-state index contributed by atoms with van der Waals surface area (Å²) in [7, 11) is 0. The van der Waals surface area contributed by atoms with Crippen molar-refractivity contribution in [1.82, 2.24) is 4.90 Å². The second-order valence-corrected chi connectivity index (χ2v) is 3.35. The van der Waals surface area contributed by atoms with Crippen LogP contribution in [-0.4, -0.2) is 35.2 Å². The molecule has 0 aliphatic rings. The van der Waals surface area contributed by atoms with E-state index in [1.54, 1.807) is 6.92 Å². The van der Waals surface area contributed by atoms with Gasteiger partial charge < -0.3 is 5.11 Å². The minimum atomic E-state index is -0.314. The smallest absolute Gasteiger partial charge is 0.0639 e. The molecule has 0 aliphatic heterocycles. The van der Waals surface area contributed by atoms with Crippen molar-refractivity contribution in [1.29, 1.82) is 5.26 Å². The lowest BCUT2D eigenvalue weighted by atomic mass is 10.2. The van der Waals surface area contributed by atoms with Gasteiger partial charge in [0.1, 0.15) is 0 Å². The van der Waals surface area contributed by atoms with E-state index in [2.05, 4.69) is 24.8 Å². The summed E-state index contributed by atoms with van der Waals surface area (Å²) in [5.74, 6) is 0. The molecule has 0 spiro atoms. The van der Waals surface area contributed by atoms with E-state index < -0.39 is 0 Å². The molecular weight excluding hydrogens is 152 g/mol. The van der Waals surface area contributed by atoms with E-state index in [1.165, 1.54) is 0 Å². The fourth-order valence-corrected chi connectivity index (χ4v) is 1.09.